The molecule has 0 aromatic carbocycles. The number of piperidine rings is 2. The molecule has 4 bridgehead atoms. The number of rotatable bonds is 7. The standard InChI is InChI=1S/C26H45N3O4/c1-17(2)12-18(27-22(31)33-23(3,4)5)10-9-11-20(30)28-21-24(6)13-19-14-25(21,7)16-26(8,15-24)29(19)32/h9-10,17-19,21,32H,11-16H2,1-8H3,(H,27,31)(H,28,30)/p+1/b10-9+/t18-,19?,21?,24?,25?,26?/m1/s1. The molecule has 2 aliphatic carbocycles. The highest BCUT2D eigenvalue weighted by Crippen LogP contribution is 2.64. The Morgan fingerprint density at radius 3 is 2.21 bits per heavy atom. The van der Waals surface area contributed by atoms with Gasteiger partial charge >= 0.3 is 6.09 Å². The van der Waals surface area contributed by atoms with Crippen molar-refractivity contribution in [1.82, 2.24) is 15.7 Å². The summed E-state index contributed by atoms with van der Waals surface area (Å²) in [5, 5.41) is 16.7. The second-order valence-corrected chi connectivity index (χ2v) is 13.1. The van der Waals surface area contributed by atoms with Crippen molar-refractivity contribution in [3.05, 3.63) is 12.2 Å². The average Bonchev–Trinajstić information content (AvgIpc) is 2.59. The molecule has 4 fully saturated rings. The number of carbonyl (C=O) groups excluding carboxylic acids is 2. The average molecular weight is 465 g/mol. The van der Waals surface area contributed by atoms with Crippen LogP contribution >= 0.6 is 0 Å². The summed E-state index contributed by atoms with van der Waals surface area (Å²) in [5.41, 5.74) is -0.585. The van der Waals surface area contributed by atoms with Crippen molar-refractivity contribution in [1.29, 1.82) is 0 Å². The lowest BCUT2D eigenvalue weighted by atomic mass is 9.44. The number of hydroxylamine groups is 2. The molecule has 2 saturated carbocycles. The molecule has 2 saturated heterocycles. The van der Waals surface area contributed by atoms with Gasteiger partial charge < -0.3 is 20.6 Å². The lowest BCUT2D eigenvalue weighted by Crippen LogP contribution is -2.76. The normalized spacial score (nSPS) is 36.9. The van der Waals surface area contributed by atoms with E-state index in [1.165, 1.54) is 0 Å². The van der Waals surface area contributed by atoms with Crippen LogP contribution in [0.15, 0.2) is 12.2 Å². The van der Waals surface area contributed by atoms with Crippen LogP contribution in [0.1, 0.15) is 93.9 Å². The van der Waals surface area contributed by atoms with E-state index in [4.69, 9.17) is 9.94 Å². The van der Waals surface area contributed by atoms with E-state index in [2.05, 4.69) is 45.3 Å². The zero-order valence-electron chi connectivity index (χ0n) is 21.9. The summed E-state index contributed by atoms with van der Waals surface area (Å²) in [6.45, 7) is 16.6. The van der Waals surface area contributed by atoms with E-state index in [1.54, 1.807) is 0 Å². The van der Waals surface area contributed by atoms with Crippen LogP contribution in [-0.2, 0) is 9.53 Å². The minimum atomic E-state index is -0.547. The zero-order valence-corrected chi connectivity index (χ0v) is 21.9. The number of alkyl carbamates (subject to hydrolysis) is 1. The van der Waals surface area contributed by atoms with Crippen LogP contribution < -0.4 is 10.6 Å². The van der Waals surface area contributed by atoms with E-state index in [0.717, 1.165) is 32.1 Å². The lowest BCUT2D eigenvalue weighted by molar-refractivity contribution is -0.309. The number of carbonyl (C=O) groups is 2. The fourth-order valence-electron chi connectivity index (χ4n) is 7.23. The SMILES string of the molecule is CC(C)C[C@@H](/C=C/CC(=O)NC1C2(C)CC3CC1(C)CC(C)(C2)N3[OH2+])NC(=O)OC(C)(C)C. The maximum atomic E-state index is 13.0. The van der Waals surface area contributed by atoms with Gasteiger partial charge in [-0.25, -0.2) is 4.79 Å². The third-order valence-corrected chi connectivity index (χ3v) is 7.72. The maximum Gasteiger partial charge on any atom is 0.408 e. The van der Waals surface area contributed by atoms with E-state index >= 15 is 0 Å². The Morgan fingerprint density at radius 2 is 1.73 bits per heavy atom. The van der Waals surface area contributed by atoms with Crippen molar-refractivity contribution in [3.8, 4) is 0 Å². The summed E-state index contributed by atoms with van der Waals surface area (Å²) >= 11 is 0. The molecule has 0 aromatic heterocycles. The highest BCUT2D eigenvalue weighted by molar-refractivity contribution is 5.78. The number of amides is 2. The number of nitrogens with zero attached hydrogens (tertiary/aromatic N) is 1. The fourth-order valence-corrected chi connectivity index (χ4v) is 7.23. The molecule has 0 aromatic rings. The first-order valence-corrected chi connectivity index (χ1v) is 12.5. The lowest BCUT2D eigenvalue weighted by Gasteiger charge is -2.68. The summed E-state index contributed by atoms with van der Waals surface area (Å²) in [5.74, 6) is 0.425. The Hall–Kier alpha value is -1.60. The van der Waals surface area contributed by atoms with Crippen molar-refractivity contribution in [2.24, 2.45) is 16.7 Å². The molecule has 7 heteroatoms. The second kappa shape index (κ2) is 8.88. The molecule has 2 heterocycles. The first kappa shape index (κ1) is 26.0. The first-order valence-electron chi connectivity index (χ1n) is 12.5. The summed E-state index contributed by atoms with van der Waals surface area (Å²) in [6.07, 6.45) is 8.26. The van der Waals surface area contributed by atoms with Crippen LogP contribution in [0, 0.1) is 16.7 Å². The van der Waals surface area contributed by atoms with Gasteiger partial charge in [-0.15, -0.1) is 0 Å². The molecule has 3 atom stereocenters. The van der Waals surface area contributed by atoms with Gasteiger partial charge in [-0.05, 0) is 76.5 Å². The van der Waals surface area contributed by atoms with Gasteiger partial charge in [0.1, 0.15) is 5.60 Å². The maximum absolute atomic E-state index is 13.0. The summed E-state index contributed by atoms with van der Waals surface area (Å²) < 4.78 is 5.39. The minimum Gasteiger partial charge on any atom is -0.444 e. The largest absolute Gasteiger partial charge is 0.444 e. The van der Waals surface area contributed by atoms with Gasteiger partial charge in [0.05, 0.1) is 17.6 Å². The summed E-state index contributed by atoms with van der Waals surface area (Å²) in [7, 11) is 0. The number of hydrogen-bond acceptors (Lipinski definition) is 4. The Labute approximate surface area is 199 Å². The predicted molar refractivity (Wildman–Crippen MR) is 131 cm³/mol. The van der Waals surface area contributed by atoms with Crippen LogP contribution in [0.4, 0.5) is 4.79 Å². The molecular weight excluding hydrogens is 418 g/mol. The predicted octanol–water partition coefficient (Wildman–Crippen LogP) is 4.04. The highest BCUT2D eigenvalue weighted by Gasteiger charge is 2.68. The Kier molecular flexibility index (Phi) is 7.00. The second-order valence-electron chi connectivity index (χ2n) is 13.1. The summed E-state index contributed by atoms with van der Waals surface area (Å²) in [6, 6.07) is 0.249. The Morgan fingerprint density at radius 1 is 1.15 bits per heavy atom. The van der Waals surface area contributed by atoms with Crippen LogP contribution in [0.2, 0.25) is 0 Å². The molecule has 0 radical (unpaired) electrons. The zero-order chi connectivity index (χ0) is 24.8. The van der Waals surface area contributed by atoms with Gasteiger partial charge in [-0.1, -0.05) is 44.9 Å². The van der Waals surface area contributed by atoms with Crippen molar-refractivity contribution < 1.29 is 19.5 Å². The van der Waals surface area contributed by atoms with Crippen LogP contribution in [-0.4, -0.2) is 51.5 Å². The number of nitrogens with one attached hydrogen (secondary N) is 2. The minimum absolute atomic E-state index is 0.0274. The monoisotopic (exact) mass is 464 g/mol. The van der Waals surface area contributed by atoms with Crippen LogP contribution in [0.5, 0.6) is 0 Å². The molecule has 188 valence electrons. The topological polar surface area (TPSA) is 93.6 Å². The van der Waals surface area contributed by atoms with E-state index in [1.807, 2.05) is 38.0 Å². The van der Waals surface area contributed by atoms with Gasteiger partial charge in [-0.3, -0.25) is 4.79 Å². The van der Waals surface area contributed by atoms with Crippen LogP contribution in [0.25, 0.3) is 0 Å². The van der Waals surface area contributed by atoms with Crippen molar-refractivity contribution >= 4 is 12.0 Å². The molecule has 2 aliphatic heterocycles. The Bertz CT molecular complexity index is 767. The molecule has 4 N–H and O–H groups in total. The molecule has 4 aliphatic rings. The van der Waals surface area contributed by atoms with E-state index in [9.17, 15) is 9.59 Å². The third kappa shape index (κ3) is 5.73. The quantitative estimate of drug-likeness (QED) is 0.439. The highest BCUT2D eigenvalue weighted by atomic mass is 16.6. The van der Waals surface area contributed by atoms with E-state index in [-0.39, 0.29) is 40.4 Å². The molecule has 7 nitrogen and oxygen atoms in total. The Balaban J connectivity index is 1.60. The first-order chi connectivity index (χ1) is 15.1. The van der Waals surface area contributed by atoms with Gasteiger partial charge in [0.15, 0.2) is 0 Å². The number of hydrogen-bond donors (Lipinski definition) is 2. The molecular formula is C26H46N3O4+. The van der Waals surface area contributed by atoms with Crippen molar-refractivity contribution in [2.45, 2.75) is 123 Å². The van der Waals surface area contributed by atoms with E-state index < -0.39 is 11.7 Å². The van der Waals surface area contributed by atoms with Gasteiger partial charge in [-0.2, -0.15) is 0 Å². The van der Waals surface area contributed by atoms with Gasteiger partial charge in [0, 0.05) is 12.5 Å². The van der Waals surface area contributed by atoms with Gasteiger partial charge in [0.25, 0.3) is 0 Å². The van der Waals surface area contributed by atoms with Crippen molar-refractivity contribution in [3.63, 3.8) is 0 Å². The van der Waals surface area contributed by atoms with E-state index in [0.29, 0.717) is 12.3 Å². The molecule has 2 amide bonds. The van der Waals surface area contributed by atoms with Crippen molar-refractivity contribution in [2.75, 3.05) is 0 Å². The summed E-state index contributed by atoms with van der Waals surface area (Å²) in [4.78, 5) is 25.2. The van der Waals surface area contributed by atoms with Gasteiger partial charge in [0.2, 0.25) is 5.91 Å². The number of ether oxygens (including phenoxy) is 1. The molecule has 2 unspecified atom stereocenters. The smallest absolute Gasteiger partial charge is 0.408 e. The van der Waals surface area contributed by atoms with Crippen LogP contribution in [0.3, 0.4) is 0 Å². The molecule has 0 spiro atoms. The molecule has 33 heavy (non-hydrogen) atoms. The fraction of sp³-hybridized carbons (Fsp3) is 0.846. The molecule has 4 rings (SSSR count). The third-order valence-electron chi connectivity index (χ3n) is 7.72.